The molecule has 4 nitrogen and oxygen atoms in total. The summed E-state index contributed by atoms with van der Waals surface area (Å²) in [5.74, 6) is 1.98. The van der Waals surface area contributed by atoms with Gasteiger partial charge in [0.25, 0.3) is 0 Å². The molecule has 0 radical (unpaired) electrons. The second-order valence-electron chi connectivity index (χ2n) is 10.2. The maximum absolute atomic E-state index is 4.91. The Morgan fingerprint density at radius 1 is 0.366 bits per heavy atom. The van der Waals surface area contributed by atoms with Crippen LogP contribution < -0.4 is 0 Å². The van der Waals surface area contributed by atoms with E-state index in [0.717, 1.165) is 33.2 Å². The number of rotatable bonds is 4. The Labute approximate surface area is 237 Å². The summed E-state index contributed by atoms with van der Waals surface area (Å²) in [6.07, 6.45) is 0. The third-order valence-electron chi connectivity index (χ3n) is 7.62. The van der Waals surface area contributed by atoms with Gasteiger partial charge in [-0.2, -0.15) is 0 Å². The Hall–Kier alpha value is -5.61. The van der Waals surface area contributed by atoms with Gasteiger partial charge in [0.2, 0.25) is 0 Å². The zero-order chi connectivity index (χ0) is 27.2. The topological polar surface area (TPSA) is 43.6 Å². The van der Waals surface area contributed by atoms with Crippen LogP contribution in [0.5, 0.6) is 0 Å². The highest BCUT2D eigenvalue weighted by Gasteiger charge is 2.14. The summed E-state index contributed by atoms with van der Waals surface area (Å²) in [5.41, 5.74) is 6.43. The molecule has 0 spiro atoms. The number of para-hydroxylation sites is 2. The van der Waals surface area contributed by atoms with E-state index in [4.69, 9.17) is 15.0 Å². The fourth-order valence-electron chi connectivity index (χ4n) is 5.65. The molecule has 192 valence electrons. The smallest absolute Gasteiger partial charge is 0.164 e. The van der Waals surface area contributed by atoms with Crippen LogP contribution in [0.1, 0.15) is 0 Å². The third-order valence-corrected chi connectivity index (χ3v) is 7.62. The molecular formula is C37H24N4. The Balaban J connectivity index is 1.26. The van der Waals surface area contributed by atoms with Crippen LogP contribution in [0, 0.1) is 0 Å². The molecule has 0 bridgehead atoms. The van der Waals surface area contributed by atoms with Gasteiger partial charge in [-0.05, 0) is 41.1 Å². The summed E-state index contributed by atoms with van der Waals surface area (Å²) in [7, 11) is 0. The minimum Gasteiger partial charge on any atom is -0.309 e. The van der Waals surface area contributed by atoms with Crippen molar-refractivity contribution in [1.29, 1.82) is 0 Å². The molecule has 4 heteroatoms. The number of fused-ring (bicyclic) bond motifs is 4. The molecule has 0 amide bonds. The van der Waals surface area contributed by atoms with Crippen LogP contribution in [0.3, 0.4) is 0 Å². The lowest BCUT2D eigenvalue weighted by Crippen LogP contribution is -2.00. The number of hydrogen-bond acceptors (Lipinski definition) is 3. The predicted molar refractivity (Wildman–Crippen MR) is 168 cm³/mol. The molecule has 8 aromatic rings. The zero-order valence-electron chi connectivity index (χ0n) is 22.1. The Bertz CT molecular complexity index is 2090. The van der Waals surface area contributed by atoms with Crippen LogP contribution in [0.2, 0.25) is 0 Å². The Morgan fingerprint density at radius 3 is 1.41 bits per heavy atom. The lowest BCUT2D eigenvalue weighted by molar-refractivity contribution is 1.07. The number of benzene rings is 6. The van der Waals surface area contributed by atoms with E-state index >= 15 is 0 Å². The molecule has 0 saturated carbocycles. The number of nitrogens with zero attached hydrogens (tertiary/aromatic N) is 4. The standard InChI is InChI=1S/C37H24N4/c1-3-11-25(12-4-1)35-38-36(26-13-5-2-6-14-26)40-37(39-35)29-20-19-28-24-30(22-21-27(28)23-29)41-33-17-9-7-15-31(33)32-16-8-10-18-34(32)41/h1-24H. The summed E-state index contributed by atoms with van der Waals surface area (Å²) in [5, 5.41) is 4.82. The molecule has 0 aliphatic carbocycles. The van der Waals surface area contributed by atoms with Crippen molar-refractivity contribution in [3.63, 3.8) is 0 Å². The first-order valence-electron chi connectivity index (χ1n) is 13.7. The van der Waals surface area contributed by atoms with Gasteiger partial charge in [-0.25, -0.2) is 15.0 Å². The monoisotopic (exact) mass is 524 g/mol. The van der Waals surface area contributed by atoms with Crippen molar-refractivity contribution in [2.45, 2.75) is 0 Å². The van der Waals surface area contributed by atoms with Crippen LogP contribution in [0.15, 0.2) is 146 Å². The fraction of sp³-hybridized carbons (Fsp3) is 0. The van der Waals surface area contributed by atoms with Crippen LogP contribution in [-0.2, 0) is 0 Å². The minimum atomic E-state index is 0.658. The molecule has 2 aromatic heterocycles. The second kappa shape index (κ2) is 9.54. The van der Waals surface area contributed by atoms with Gasteiger partial charge in [0.05, 0.1) is 11.0 Å². The number of aromatic nitrogens is 4. The molecule has 0 atom stereocenters. The molecule has 8 rings (SSSR count). The predicted octanol–water partition coefficient (Wildman–Crippen LogP) is 9.12. The van der Waals surface area contributed by atoms with Crippen LogP contribution in [0.4, 0.5) is 0 Å². The van der Waals surface area contributed by atoms with E-state index in [1.54, 1.807) is 0 Å². The minimum absolute atomic E-state index is 0.658. The van der Waals surface area contributed by atoms with Crippen molar-refractivity contribution in [2.24, 2.45) is 0 Å². The summed E-state index contributed by atoms with van der Waals surface area (Å²) in [4.78, 5) is 14.6. The largest absolute Gasteiger partial charge is 0.309 e. The van der Waals surface area contributed by atoms with E-state index < -0.39 is 0 Å². The van der Waals surface area contributed by atoms with E-state index in [1.165, 1.54) is 21.8 Å². The van der Waals surface area contributed by atoms with Gasteiger partial charge in [-0.1, -0.05) is 115 Å². The van der Waals surface area contributed by atoms with Crippen molar-refractivity contribution in [2.75, 3.05) is 0 Å². The highest BCUT2D eigenvalue weighted by Crippen LogP contribution is 2.33. The third kappa shape index (κ3) is 4.05. The molecule has 0 aliphatic heterocycles. The Morgan fingerprint density at radius 2 is 0.829 bits per heavy atom. The molecule has 6 aromatic carbocycles. The van der Waals surface area contributed by atoms with Crippen molar-refractivity contribution in [1.82, 2.24) is 19.5 Å². The van der Waals surface area contributed by atoms with E-state index in [9.17, 15) is 0 Å². The first kappa shape index (κ1) is 23.3. The molecule has 0 unspecified atom stereocenters. The highest BCUT2D eigenvalue weighted by molar-refractivity contribution is 6.09. The first-order chi connectivity index (χ1) is 20.3. The lowest BCUT2D eigenvalue weighted by Gasteiger charge is -2.11. The lowest BCUT2D eigenvalue weighted by atomic mass is 10.1. The maximum atomic E-state index is 4.91. The quantitative estimate of drug-likeness (QED) is 0.231. The van der Waals surface area contributed by atoms with E-state index in [-0.39, 0.29) is 0 Å². The van der Waals surface area contributed by atoms with Gasteiger partial charge >= 0.3 is 0 Å². The molecule has 0 fully saturated rings. The molecule has 0 saturated heterocycles. The van der Waals surface area contributed by atoms with Crippen molar-refractivity contribution in [3.8, 4) is 39.9 Å². The van der Waals surface area contributed by atoms with Gasteiger partial charge in [0, 0.05) is 33.2 Å². The average molecular weight is 525 g/mol. The van der Waals surface area contributed by atoms with Gasteiger partial charge in [-0.15, -0.1) is 0 Å². The van der Waals surface area contributed by atoms with E-state index in [0.29, 0.717) is 17.5 Å². The molecule has 0 N–H and O–H groups in total. The van der Waals surface area contributed by atoms with Crippen LogP contribution in [-0.4, -0.2) is 19.5 Å². The normalized spacial score (nSPS) is 11.4. The second-order valence-corrected chi connectivity index (χ2v) is 10.2. The van der Waals surface area contributed by atoms with Crippen LogP contribution >= 0.6 is 0 Å². The first-order valence-corrected chi connectivity index (χ1v) is 13.7. The summed E-state index contributed by atoms with van der Waals surface area (Å²) >= 11 is 0. The summed E-state index contributed by atoms with van der Waals surface area (Å²) in [6, 6.07) is 50.4. The van der Waals surface area contributed by atoms with Gasteiger partial charge < -0.3 is 4.57 Å². The fourth-order valence-corrected chi connectivity index (χ4v) is 5.65. The van der Waals surface area contributed by atoms with Gasteiger partial charge in [0.15, 0.2) is 17.5 Å². The van der Waals surface area contributed by atoms with Crippen molar-refractivity contribution < 1.29 is 0 Å². The summed E-state index contributed by atoms with van der Waals surface area (Å²) in [6.45, 7) is 0. The zero-order valence-corrected chi connectivity index (χ0v) is 22.1. The molecule has 41 heavy (non-hydrogen) atoms. The van der Waals surface area contributed by atoms with Gasteiger partial charge in [-0.3, -0.25) is 0 Å². The van der Waals surface area contributed by atoms with E-state index in [2.05, 4.69) is 89.5 Å². The summed E-state index contributed by atoms with van der Waals surface area (Å²) < 4.78 is 2.35. The molecule has 2 heterocycles. The number of hydrogen-bond donors (Lipinski definition) is 0. The maximum Gasteiger partial charge on any atom is 0.164 e. The highest BCUT2D eigenvalue weighted by atomic mass is 15.0. The van der Waals surface area contributed by atoms with Crippen molar-refractivity contribution >= 4 is 32.6 Å². The average Bonchev–Trinajstić information content (AvgIpc) is 3.39. The Kier molecular flexibility index (Phi) is 5.42. The molecular weight excluding hydrogens is 500 g/mol. The SMILES string of the molecule is c1ccc(-c2nc(-c3ccccc3)nc(-c3ccc4cc(-n5c6ccccc6c6ccccc65)ccc4c3)n2)cc1. The van der Waals surface area contributed by atoms with Crippen LogP contribution in [0.25, 0.3) is 72.4 Å². The molecule has 0 aliphatic rings. The van der Waals surface area contributed by atoms with Gasteiger partial charge in [0.1, 0.15) is 0 Å². The van der Waals surface area contributed by atoms with Crippen molar-refractivity contribution in [3.05, 3.63) is 146 Å². The van der Waals surface area contributed by atoms with E-state index in [1.807, 2.05) is 60.7 Å².